The quantitative estimate of drug-likeness (QED) is 0.242. The van der Waals surface area contributed by atoms with E-state index in [0.29, 0.717) is 25.9 Å². The number of methoxy groups -OCH3 is 1. The van der Waals surface area contributed by atoms with Crippen molar-refractivity contribution in [2.75, 3.05) is 20.2 Å². The van der Waals surface area contributed by atoms with E-state index in [1.54, 1.807) is 4.90 Å². The predicted octanol–water partition coefficient (Wildman–Crippen LogP) is 2.80. The van der Waals surface area contributed by atoms with Gasteiger partial charge in [-0.05, 0) is 51.2 Å². The van der Waals surface area contributed by atoms with Gasteiger partial charge in [-0.2, -0.15) is 0 Å². The SMILES string of the molecule is COC(=O)/C(=C\C(N)C1CCN(C(=O)OC(C)(C)C)CC1)C(=O)OCc1ccccc1. The lowest BCUT2D eigenvalue weighted by Crippen LogP contribution is -2.45. The van der Waals surface area contributed by atoms with Crippen molar-refractivity contribution in [2.45, 2.75) is 51.9 Å². The number of esters is 2. The van der Waals surface area contributed by atoms with E-state index in [1.165, 1.54) is 13.2 Å². The predicted molar refractivity (Wildman–Crippen MR) is 115 cm³/mol. The fourth-order valence-electron chi connectivity index (χ4n) is 3.25. The van der Waals surface area contributed by atoms with Crippen LogP contribution in [0, 0.1) is 5.92 Å². The average molecular weight is 433 g/mol. The monoisotopic (exact) mass is 432 g/mol. The Kier molecular flexibility index (Phi) is 8.62. The van der Waals surface area contributed by atoms with E-state index in [0.717, 1.165) is 5.56 Å². The minimum atomic E-state index is -0.792. The number of likely N-dealkylation sites (tertiary alicyclic amines) is 1. The molecule has 1 unspecified atom stereocenters. The molecule has 0 spiro atoms. The largest absolute Gasteiger partial charge is 0.465 e. The third-order valence-electron chi connectivity index (χ3n) is 4.93. The van der Waals surface area contributed by atoms with E-state index in [2.05, 4.69) is 0 Å². The molecule has 1 heterocycles. The zero-order valence-corrected chi connectivity index (χ0v) is 18.6. The molecule has 0 aliphatic carbocycles. The number of benzene rings is 1. The minimum Gasteiger partial charge on any atom is -0.465 e. The molecule has 1 aromatic carbocycles. The molecule has 1 atom stereocenters. The fraction of sp³-hybridized carbons (Fsp3) is 0.522. The fourth-order valence-corrected chi connectivity index (χ4v) is 3.25. The second-order valence-corrected chi connectivity index (χ2v) is 8.52. The van der Waals surface area contributed by atoms with Gasteiger partial charge in [-0.25, -0.2) is 14.4 Å². The van der Waals surface area contributed by atoms with Crippen LogP contribution in [0.2, 0.25) is 0 Å². The summed E-state index contributed by atoms with van der Waals surface area (Å²) in [5, 5.41) is 0. The van der Waals surface area contributed by atoms with Crippen LogP contribution >= 0.6 is 0 Å². The number of carbonyl (C=O) groups excluding carboxylic acids is 3. The molecule has 1 fully saturated rings. The number of hydrogen-bond donors (Lipinski definition) is 1. The van der Waals surface area contributed by atoms with Gasteiger partial charge >= 0.3 is 18.0 Å². The van der Waals surface area contributed by atoms with Gasteiger partial charge in [0.25, 0.3) is 0 Å². The number of nitrogens with zero attached hydrogens (tertiary/aromatic N) is 1. The first-order chi connectivity index (χ1) is 14.6. The van der Waals surface area contributed by atoms with Gasteiger partial charge in [0.1, 0.15) is 17.8 Å². The lowest BCUT2D eigenvalue weighted by Gasteiger charge is -2.35. The molecule has 1 amide bonds. The van der Waals surface area contributed by atoms with E-state index in [9.17, 15) is 14.4 Å². The van der Waals surface area contributed by atoms with Gasteiger partial charge in [0, 0.05) is 19.1 Å². The van der Waals surface area contributed by atoms with Crippen LogP contribution in [0.25, 0.3) is 0 Å². The van der Waals surface area contributed by atoms with Crippen LogP contribution in [-0.2, 0) is 30.4 Å². The van der Waals surface area contributed by atoms with Gasteiger partial charge in [-0.1, -0.05) is 30.3 Å². The molecule has 8 heteroatoms. The van der Waals surface area contributed by atoms with Gasteiger partial charge in [-0.3, -0.25) is 0 Å². The molecule has 0 aromatic heterocycles. The van der Waals surface area contributed by atoms with Gasteiger partial charge in [0.15, 0.2) is 0 Å². The normalized spacial score (nSPS) is 16.4. The van der Waals surface area contributed by atoms with Crippen molar-refractivity contribution in [2.24, 2.45) is 11.7 Å². The highest BCUT2D eigenvalue weighted by Gasteiger charge is 2.30. The summed E-state index contributed by atoms with van der Waals surface area (Å²) < 4.78 is 15.4. The Hall–Kier alpha value is -2.87. The molecule has 1 aromatic rings. The molecule has 170 valence electrons. The van der Waals surface area contributed by atoms with Gasteiger partial charge < -0.3 is 24.8 Å². The van der Waals surface area contributed by atoms with Crippen LogP contribution in [0.3, 0.4) is 0 Å². The molecule has 1 aliphatic heterocycles. The molecule has 8 nitrogen and oxygen atoms in total. The number of hydrogen-bond acceptors (Lipinski definition) is 7. The summed E-state index contributed by atoms with van der Waals surface area (Å²) >= 11 is 0. The number of amides is 1. The zero-order chi connectivity index (χ0) is 23.0. The Balaban J connectivity index is 1.98. The first-order valence-corrected chi connectivity index (χ1v) is 10.4. The molecule has 0 radical (unpaired) electrons. The van der Waals surface area contributed by atoms with Gasteiger partial charge in [-0.15, -0.1) is 0 Å². The zero-order valence-electron chi connectivity index (χ0n) is 18.6. The molecule has 1 saturated heterocycles. The van der Waals surface area contributed by atoms with Crippen LogP contribution < -0.4 is 5.73 Å². The molecule has 31 heavy (non-hydrogen) atoms. The number of rotatable bonds is 6. The summed E-state index contributed by atoms with van der Waals surface area (Å²) in [6.45, 7) is 6.49. The number of piperidine rings is 1. The highest BCUT2D eigenvalue weighted by Crippen LogP contribution is 2.23. The maximum atomic E-state index is 12.5. The van der Waals surface area contributed by atoms with Crippen LogP contribution in [0.1, 0.15) is 39.2 Å². The van der Waals surface area contributed by atoms with E-state index in [-0.39, 0.29) is 24.2 Å². The molecular weight excluding hydrogens is 400 g/mol. The maximum absolute atomic E-state index is 12.5. The first kappa shape index (κ1) is 24.4. The molecule has 1 aliphatic rings. The number of ether oxygens (including phenoxy) is 3. The standard InChI is InChI=1S/C23H32N2O6/c1-23(2,3)31-22(28)25-12-10-17(11-13-25)19(24)14-18(20(26)29-4)21(27)30-15-16-8-6-5-7-9-16/h5-9,14,17,19H,10-13,15,24H2,1-4H3/b18-14+. The number of nitrogens with two attached hydrogens (primary N) is 1. The van der Waals surface area contributed by atoms with Crippen LogP contribution in [-0.4, -0.2) is 54.8 Å². The van der Waals surface area contributed by atoms with Crippen molar-refractivity contribution in [3.05, 3.63) is 47.5 Å². The lowest BCUT2D eigenvalue weighted by molar-refractivity contribution is -0.146. The summed E-state index contributed by atoms with van der Waals surface area (Å²) in [4.78, 5) is 38.5. The molecule has 0 bridgehead atoms. The summed E-state index contributed by atoms with van der Waals surface area (Å²) in [6, 6.07) is 8.61. The lowest BCUT2D eigenvalue weighted by atomic mass is 9.89. The van der Waals surface area contributed by atoms with Crippen molar-refractivity contribution in [1.29, 1.82) is 0 Å². The average Bonchev–Trinajstić information content (AvgIpc) is 2.74. The third kappa shape index (κ3) is 7.71. The summed E-state index contributed by atoms with van der Waals surface area (Å²) in [5.74, 6) is -1.57. The molecular formula is C23H32N2O6. The highest BCUT2D eigenvalue weighted by molar-refractivity contribution is 6.14. The van der Waals surface area contributed by atoms with Crippen molar-refractivity contribution in [1.82, 2.24) is 4.90 Å². The molecule has 2 rings (SSSR count). The summed E-state index contributed by atoms with van der Waals surface area (Å²) in [5.41, 5.74) is 6.31. The maximum Gasteiger partial charge on any atom is 0.410 e. The highest BCUT2D eigenvalue weighted by atomic mass is 16.6. The van der Waals surface area contributed by atoms with Crippen molar-refractivity contribution < 1.29 is 28.6 Å². The Bertz CT molecular complexity index is 792. The number of carbonyl (C=O) groups is 3. The third-order valence-corrected chi connectivity index (χ3v) is 4.93. The minimum absolute atomic E-state index is 0.000246. The van der Waals surface area contributed by atoms with Crippen molar-refractivity contribution >= 4 is 18.0 Å². The van der Waals surface area contributed by atoms with Crippen LogP contribution in [0.5, 0.6) is 0 Å². The van der Waals surface area contributed by atoms with E-state index < -0.39 is 23.6 Å². The second kappa shape index (κ2) is 10.9. The molecule has 2 N–H and O–H groups in total. The van der Waals surface area contributed by atoms with Gasteiger partial charge in [0.2, 0.25) is 0 Å². The van der Waals surface area contributed by atoms with Crippen LogP contribution in [0.15, 0.2) is 42.0 Å². The topological polar surface area (TPSA) is 108 Å². The summed E-state index contributed by atoms with van der Waals surface area (Å²) in [7, 11) is 1.20. The van der Waals surface area contributed by atoms with Crippen molar-refractivity contribution in [3.8, 4) is 0 Å². The van der Waals surface area contributed by atoms with E-state index in [4.69, 9.17) is 19.9 Å². The summed E-state index contributed by atoms with van der Waals surface area (Å²) in [6.07, 6.45) is 2.32. The van der Waals surface area contributed by atoms with Gasteiger partial charge in [0.05, 0.1) is 7.11 Å². The van der Waals surface area contributed by atoms with E-state index in [1.807, 2.05) is 51.1 Å². The Morgan fingerprint density at radius 3 is 2.29 bits per heavy atom. The Labute approximate surface area is 183 Å². The smallest absolute Gasteiger partial charge is 0.410 e. The van der Waals surface area contributed by atoms with Crippen molar-refractivity contribution in [3.63, 3.8) is 0 Å². The Morgan fingerprint density at radius 1 is 1.13 bits per heavy atom. The molecule has 0 saturated carbocycles. The first-order valence-electron chi connectivity index (χ1n) is 10.4. The van der Waals surface area contributed by atoms with Crippen LogP contribution in [0.4, 0.5) is 4.79 Å². The Morgan fingerprint density at radius 2 is 1.74 bits per heavy atom. The second-order valence-electron chi connectivity index (χ2n) is 8.52. The van der Waals surface area contributed by atoms with E-state index >= 15 is 0 Å².